The number of nitriles is 1. The lowest BCUT2D eigenvalue weighted by Crippen LogP contribution is -2.14. The van der Waals surface area contributed by atoms with Gasteiger partial charge in [-0.05, 0) is 36.7 Å². The smallest absolute Gasteiger partial charge is 0.124 e. The molecular weight excluding hydrogens is 260 g/mol. The van der Waals surface area contributed by atoms with Crippen molar-refractivity contribution in [2.75, 3.05) is 6.54 Å². The molecule has 0 saturated heterocycles. The maximum Gasteiger partial charge on any atom is 0.124 e. The van der Waals surface area contributed by atoms with Gasteiger partial charge in [-0.2, -0.15) is 5.26 Å². The number of hydrogen-bond acceptors (Lipinski definition) is 3. The lowest BCUT2D eigenvalue weighted by molar-refractivity contribution is 0.302. The van der Waals surface area contributed by atoms with Crippen molar-refractivity contribution < 1.29 is 4.74 Å². The van der Waals surface area contributed by atoms with Crippen molar-refractivity contribution in [1.29, 1.82) is 5.26 Å². The fraction of sp³-hybridized carbons (Fsp3) is 0.278. The molecule has 0 spiro atoms. The van der Waals surface area contributed by atoms with Crippen LogP contribution in [0, 0.1) is 11.3 Å². The van der Waals surface area contributed by atoms with Gasteiger partial charge in [0, 0.05) is 12.1 Å². The first kappa shape index (κ1) is 15.1. The van der Waals surface area contributed by atoms with Crippen molar-refractivity contribution in [3.8, 4) is 11.8 Å². The predicted molar refractivity (Wildman–Crippen MR) is 83.9 cm³/mol. The number of rotatable bonds is 7. The quantitative estimate of drug-likeness (QED) is 0.788. The molecule has 0 amide bonds. The van der Waals surface area contributed by atoms with Crippen LogP contribution in [0.4, 0.5) is 0 Å². The summed E-state index contributed by atoms with van der Waals surface area (Å²) < 4.78 is 5.90. The molecule has 0 unspecified atom stereocenters. The van der Waals surface area contributed by atoms with Gasteiger partial charge in [0.25, 0.3) is 0 Å². The van der Waals surface area contributed by atoms with Crippen LogP contribution in [0.15, 0.2) is 48.5 Å². The van der Waals surface area contributed by atoms with Gasteiger partial charge in [-0.3, -0.25) is 0 Å². The first-order valence-electron chi connectivity index (χ1n) is 7.24. The zero-order valence-electron chi connectivity index (χ0n) is 12.3. The third-order valence-electron chi connectivity index (χ3n) is 3.19. The van der Waals surface area contributed by atoms with Crippen molar-refractivity contribution in [1.82, 2.24) is 5.32 Å². The first-order chi connectivity index (χ1) is 10.3. The molecule has 0 bridgehead atoms. The molecule has 0 aliphatic rings. The lowest BCUT2D eigenvalue weighted by atomic mass is 10.1. The van der Waals surface area contributed by atoms with E-state index in [0.717, 1.165) is 30.8 Å². The number of hydrogen-bond donors (Lipinski definition) is 1. The van der Waals surface area contributed by atoms with E-state index in [0.29, 0.717) is 12.2 Å². The lowest BCUT2D eigenvalue weighted by Gasteiger charge is -2.12. The Labute approximate surface area is 126 Å². The van der Waals surface area contributed by atoms with Crippen LogP contribution in [0.3, 0.4) is 0 Å². The maximum atomic E-state index is 8.79. The van der Waals surface area contributed by atoms with Crippen molar-refractivity contribution in [2.45, 2.75) is 26.5 Å². The molecule has 1 N–H and O–H groups in total. The molecule has 0 fully saturated rings. The van der Waals surface area contributed by atoms with Crippen LogP contribution in [0.2, 0.25) is 0 Å². The van der Waals surface area contributed by atoms with Crippen LogP contribution < -0.4 is 10.1 Å². The number of ether oxygens (including phenoxy) is 1. The van der Waals surface area contributed by atoms with Gasteiger partial charge >= 0.3 is 0 Å². The zero-order valence-corrected chi connectivity index (χ0v) is 12.3. The Morgan fingerprint density at radius 2 is 1.86 bits per heavy atom. The van der Waals surface area contributed by atoms with E-state index in [-0.39, 0.29) is 0 Å². The summed E-state index contributed by atoms with van der Waals surface area (Å²) >= 11 is 0. The van der Waals surface area contributed by atoms with Crippen LogP contribution in [0.5, 0.6) is 5.75 Å². The Morgan fingerprint density at radius 3 is 2.57 bits per heavy atom. The van der Waals surface area contributed by atoms with E-state index in [2.05, 4.69) is 24.4 Å². The molecule has 21 heavy (non-hydrogen) atoms. The van der Waals surface area contributed by atoms with Crippen LogP contribution in [0.25, 0.3) is 0 Å². The largest absolute Gasteiger partial charge is 0.489 e. The summed E-state index contributed by atoms with van der Waals surface area (Å²) in [6, 6.07) is 17.7. The minimum atomic E-state index is 0.510. The fourth-order valence-electron chi connectivity index (χ4n) is 2.03. The Kier molecular flexibility index (Phi) is 5.81. The average molecular weight is 280 g/mol. The monoisotopic (exact) mass is 280 g/mol. The minimum Gasteiger partial charge on any atom is -0.489 e. The van der Waals surface area contributed by atoms with Crippen molar-refractivity contribution in [3.05, 3.63) is 65.2 Å². The van der Waals surface area contributed by atoms with Gasteiger partial charge in [0.2, 0.25) is 0 Å². The van der Waals surface area contributed by atoms with Crippen molar-refractivity contribution in [2.24, 2.45) is 0 Å². The Balaban J connectivity index is 1.97. The molecule has 2 rings (SSSR count). The molecule has 2 aromatic carbocycles. The number of nitrogens with zero attached hydrogens (tertiary/aromatic N) is 1. The minimum absolute atomic E-state index is 0.510. The topological polar surface area (TPSA) is 45.0 Å². The normalized spacial score (nSPS) is 10.1. The molecule has 0 heterocycles. The van der Waals surface area contributed by atoms with E-state index in [1.165, 1.54) is 5.56 Å². The molecule has 0 aromatic heterocycles. The molecule has 3 nitrogen and oxygen atoms in total. The molecular formula is C18H20N2O. The van der Waals surface area contributed by atoms with Crippen molar-refractivity contribution in [3.63, 3.8) is 0 Å². The third-order valence-corrected chi connectivity index (χ3v) is 3.19. The highest BCUT2D eigenvalue weighted by molar-refractivity contribution is 5.34. The van der Waals surface area contributed by atoms with Gasteiger partial charge in [-0.1, -0.05) is 37.3 Å². The van der Waals surface area contributed by atoms with E-state index in [9.17, 15) is 0 Å². The standard InChI is InChI=1S/C18H20N2O/c1-2-11-20-13-17-5-3-4-6-18(17)21-14-16-9-7-15(12-19)8-10-16/h3-10,20H,2,11,13-14H2,1H3. The molecule has 0 aliphatic carbocycles. The summed E-state index contributed by atoms with van der Waals surface area (Å²) in [6.45, 7) is 4.48. The second-order valence-corrected chi connectivity index (χ2v) is 4.88. The number of nitrogens with one attached hydrogen (secondary N) is 1. The highest BCUT2D eigenvalue weighted by Crippen LogP contribution is 2.19. The van der Waals surface area contributed by atoms with Gasteiger partial charge in [0.15, 0.2) is 0 Å². The van der Waals surface area contributed by atoms with Crippen LogP contribution >= 0.6 is 0 Å². The summed E-state index contributed by atoms with van der Waals surface area (Å²) in [5.41, 5.74) is 2.90. The Morgan fingerprint density at radius 1 is 1.10 bits per heavy atom. The van der Waals surface area contributed by atoms with Crippen LogP contribution in [0.1, 0.15) is 30.0 Å². The second-order valence-electron chi connectivity index (χ2n) is 4.88. The van der Waals surface area contributed by atoms with Gasteiger partial charge in [-0.25, -0.2) is 0 Å². The van der Waals surface area contributed by atoms with E-state index in [1.54, 1.807) is 0 Å². The van der Waals surface area contributed by atoms with E-state index in [1.807, 2.05) is 42.5 Å². The molecule has 0 radical (unpaired) electrons. The molecule has 2 aromatic rings. The second kappa shape index (κ2) is 8.08. The average Bonchev–Trinajstić information content (AvgIpc) is 2.54. The number of para-hydroxylation sites is 1. The van der Waals surface area contributed by atoms with E-state index < -0.39 is 0 Å². The highest BCUT2D eigenvalue weighted by atomic mass is 16.5. The maximum absolute atomic E-state index is 8.79. The summed E-state index contributed by atoms with van der Waals surface area (Å²) in [6.07, 6.45) is 1.12. The van der Waals surface area contributed by atoms with E-state index in [4.69, 9.17) is 10.00 Å². The molecule has 3 heteroatoms. The SMILES string of the molecule is CCCNCc1ccccc1OCc1ccc(C#N)cc1. The Bertz CT molecular complexity index is 599. The van der Waals surface area contributed by atoms with Gasteiger partial charge in [-0.15, -0.1) is 0 Å². The predicted octanol–water partition coefficient (Wildman–Crippen LogP) is 3.64. The van der Waals surface area contributed by atoms with Gasteiger partial charge in [0.1, 0.15) is 12.4 Å². The number of benzene rings is 2. The van der Waals surface area contributed by atoms with Gasteiger partial charge < -0.3 is 10.1 Å². The summed E-state index contributed by atoms with van der Waals surface area (Å²) in [5.74, 6) is 0.908. The molecule has 108 valence electrons. The summed E-state index contributed by atoms with van der Waals surface area (Å²) in [4.78, 5) is 0. The molecule has 0 atom stereocenters. The van der Waals surface area contributed by atoms with Crippen molar-refractivity contribution >= 4 is 0 Å². The zero-order chi connectivity index (χ0) is 14.9. The summed E-state index contributed by atoms with van der Waals surface area (Å²) in [7, 11) is 0. The van der Waals surface area contributed by atoms with E-state index >= 15 is 0 Å². The fourth-order valence-corrected chi connectivity index (χ4v) is 2.03. The first-order valence-corrected chi connectivity index (χ1v) is 7.24. The van der Waals surface area contributed by atoms with Gasteiger partial charge in [0.05, 0.1) is 11.6 Å². The molecule has 0 saturated carbocycles. The Hall–Kier alpha value is -2.31. The molecule has 0 aliphatic heterocycles. The third kappa shape index (κ3) is 4.62. The van der Waals surface area contributed by atoms with Crippen LogP contribution in [-0.2, 0) is 13.2 Å². The highest BCUT2D eigenvalue weighted by Gasteiger charge is 2.03. The van der Waals surface area contributed by atoms with Crippen LogP contribution in [-0.4, -0.2) is 6.54 Å². The summed E-state index contributed by atoms with van der Waals surface area (Å²) in [5, 5.41) is 12.2.